The Hall–Kier alpha value is -3.56. The number of nitrogens with one attached hydrogen (secondary N) is 1. The highest BCUT2D eigenvalue weighted by atomic mass is 79.9. The summed E-state index contributed by atoms with van der Waals surface area (Å²) >= 11 is 5.72. The molecule has 0 aliphatic rings. The summed E-state index contributed by atoms with van der Waals surface area (Å²) in [6, 6.07) is 4.36. The number of anilines is 2. The predicted molar refractivity (Wildman–Crippen MR) is 146 cm³/mol. The Bertz CT molecular complexity index is 1340. The highest BCUT2D eigenvalue weighted by molar-refractivity contribution is 9.09. The molecule has 240 valence electrons. The molecule has 43 heavy (non-hydrogen) atoms. The third-order valence-corrected chi connectivity index (χ3v) is 6.93. The van der Waals surface area contributed by atoms with Crippen LogP contribution in [0.5, 0.6) is 0 Å². The summed E-state index contributed by atoms with van der Waals surface area (Å²) in [6.07, 6.45) is -9.71. The molecule has 21 heteroatoms. The number of benzene rings is 2. The van der Waals surface area contributed by atoms with Gasteiger partial charge in [0, 0.05) is 34.2 Å². The van der Waals surface area contributed by atoms with Gasteiger partial charge in [-0.15, -0.1) is 0 Å². The minimum Gasteiger partial charge on any atom is -0.479 e. The van der Waals surface area contributed by atoms with Crippen molar-refractivity contribution in [3.05, 3.63) is 67.8 Å². The lowest BCUT2D eigenvalue weighted by molar-refractivity contribution is -0.388. The van der Waals surface area contributed by atoms with Crippen molar-refractivity contribution in [2.24, 2.45) is 0 Å². The van der Waals surface area contributed by atoms with E-state index < -0.39 is 67.8 Å². The van der Waals surface area contributed by atoms with E-state index in [2.05, 4.69) is 37.2 Å². The van der Waals surface area contributed by atoms with E-state index in [0.29, 0.717) is 18.2 Å². The largest absolute Gasteiger partial charge is 0.479 e. The number of aliphatic carboxylic acids is 1. The van der Waals surface area contributed by atoms with Crippen molar-refractivity contribution in [1.82, 2.24) is 0 Å². The van der Waals surface area contributed by atoms with E-state index in [9.17, 15) is 61.3 Å². The molecule has 0 radical (unpaired) electrons. The van der Waals surface area contributed by atoms with E-state index in [-0.39, 0.29) is 22.0 Å². The van der Waals surface area contributed by atoms with Gasteiger partial charge in [0.2, 0.25) is 0 Å². The fourth-order valence-electron chi connectivity index (χ4n) is 2.32. The van der Waals surface area contributed by atoms with E-state index in [4.69, 9.17) is 15.9 Å². The molecule has 2 rings (SSSR count). The van der Waals surface area contributed by atoms with Crippen LogP contribution in [0.4, 0.5) is 49.1 Å². The van der Waals surface area contributed by atoms with Crippen LogP contribution in [0.25, 0.3) is 0 Å². The Labute approximate surface area is 254 Å². The molecule has 0 unspecified atom stereocenters. The van der Waals surface area contributed by atoms with Crippen LogP contribution in [-0.4, -0.2) is 58.9 Å². The molecule has 13 nitrogen and oxygen atoms in total. The number of nitro benzene ring substituents is 2. The van der Waals surface area contributed by atoms with Crippen LogP contribution < -0.4 is 11.1 Å². The first kappa shape index (κ1) is 39.4. The molecule has 2 aromatic carbocycles. The van der Waals surface area contributed by atoms with Gasteiger partial charge < -0.3 is 26.4 Å². The van der Waals surface area contributed by atoms with Crippen LogP contribution >= 0.6 is 31.9 Å². The van der Waals surface area contributed by atoms with Gasteiger partial charge in [0.15, 0.2) is 5.60 Å². The van der Waals surface area contributed by atoms with Crippen molar-refractivity contribution < 1.29 is 61.1 Å². The van der Waals surface area contributed by atoms with E-state index in [0.717, 1.165) is 25.1 Å². The number of nitrogens with zero attached hydrogens (tertiary/aromatic N) is 2. The van der Waals surface area contributed by atoms with Gasteiger partial charge in [0.1, 0.15) is 16.7 Å². The lowest BCUT2D eigenvalue weighted by Crippen LogP contribution is -2.41. The first-order chi connectivity index (χ1) is 19.3. The molecule has 1 amide bonds. The number of aliphatic hydroxyl groups is 2. The van der Waals surface area contributed by atoms with Crippen LogP contribution in [0.1, 0.15) is 25.0 Å². The van der Waals surface area contributed by atoms with Gasteiger partial charge in [-0.25, -0.2) is 4.79 Å². The molecule has 0 aliphatic heterocycles. The van der Waals surface area contributed by atoms with Gasteiger partial charge in [-0.2, -0.15) is 26.3 Å². The zero-order valence-corrected chi connectivity index (χ0v) is 24.8. The van der Waals surface area contributed by atoms with Crippen molar-refractivity contribution in [3.63, 3.8) is 0 Å². The normalized spacial score (nSPS) is 14.0. The SMILES string of the molecule is C[C@](O)(CBr)C(=O)Nc1ccc([N+](=O)[O-])c(C(F)(F)F)c1.C[C@](O)(CBr)C(=O)O.Nc1ccc([N+](=O)[O-])c(C(F)(F)F)c1. The molecule has 0 bridgehead atoms. The van der Waals surface area contributed by atoms with Crippen molar-refractivity contribution in [1.29, 1.82) is 0 Å². The minimum absolute atomic E-state index is 0.0509. The fourth-order valence-corrected chi connectivity index (χ4v) is 2.82. The summed E-state index contributed by atoms with van der Waals surface area (Å²) < 4.78 is 74.9. The smallest absolute Gasteiger partial charge is 0.423 e. The van der Waals surface area contributed by atoms with E-state index in [1.54, 1.807) is 0 Å². The van der Waals surface area contributed by atoms with Crippen LogP contribution in [0.3, 0.4) is 0 Å². The average Bonchev–Trinajstić information content (AvgIpc) is 2.87. The van der Waals surface area contributed by atoms with Crippen LogP contribution in [-0.2, 0) is 21.9 Å². The molecule has 0 saturated carbocycles. The molecule has 0 spiro atoms. The van der Waals surface area contributed by atoms with Gasteiger partial charge >= 0.3 is 18.3 Å². The Morgan fingerprint density at radius 2 is 1.23 bits per heavy atom. The lowest BCUT2D eigenvalue weighted by Gasteiger charge is -2.19. The summed E-state index contributed by atoms with van der Waals surface area (Å²) in [5.41, 5.74) is -3.75. The quantitative estimate of drug-likeness (QED) is 0.0826. The average molecular weight is 760 g/mol. The van der Waals surface area contributed by atoms with Gasteiger partial charge in [0.05, 0.1) is 9.85 Å². The predicted octanol–water partition coefficient (Wildman–Crippen LogP) is 5.11. The molecule has 2 atom stereocenters. The number of carboxylic acid groups (broad SMARTS) is 1. The molecule has 0 fully saturated rings. The molecule has 0 aliphatic carbocycles. The van der Waals surface area contributed by atoms with Crippen molar-refractivity contribution in [2.45, 2.75) is 37.4 Å². The van der Waals surface area contributed by atoms with Gasteiger partial charge in [0.25, 0.3) is 17.3 Å². The number of amides is 1. The third-order valence-electron chi connectivity index (χ3n) is 4.75. The molecular formula is C22H22Br2F6N4O9. The standard InChI is InChI=1S/C11H10BrF3N2O4.C7H5F3N2O2.C4H7BrO3/c1-10(19,5-12)9(18)16-6-2-3-8(17(20)21)7(4-6)11(13,14)15;8-7(9,10)5-3-4(11)1-2-6(5)12(13)14;1-4(8,2-5)3(6)7/h2-4,19H,5H2,1H3,(H,16,18);1-3H,11H2;8H,2H2,1H3,(H,6,7)/t10-;;4-/m0.0/s1. The maximum atomic E-state index is 12.8. The second-order valence-electron chi connectivity index (χ2n) is 8.59. The topological polar surface area (TPSA) is 219 Å². The highest BCUT2D eigenvalue weighted by Crippen LogP contribution is 2.38. The summed E-state index contributed by atoms with van der Waals surface area (Å²) in [6.45, 7) is 2.39. The first-order valence-corrected chi connectivity index (χ1v) is 13.1. The zero-order chi connectivity index (χ0) is 34.1. The minimum atomic E-state index is -4.94. The number of nitrogen functional groups attached to an aromatic ring is 1. The number of carboxylic acids is 1. The number of nitro groups is 2. The maximum Gasteiger partial charge on any atom is 0.423 e. The number of carbonyl (C=O) groups is 2. The number of alkyl halides is 8. The Kier molecular flexibility index (Phi) is 14.0. The van der Waals surface area contributed by atoms with E-state index in [1.165, 1.54) is 6.92 Å². The summed E-state index contributed by atoms with van der Waals surface area (Å²) in [5.74, 6) is -2.16. The molecule has 0 heterocycles. The zero-order valence-electron chi connectivity index (χ0n) is 21.7. The second kappa shape index (κ2) is 15.3. The number of hydrogen-bond acceptors (Lipinski definition) is 9. The number of carbonyl (C=O) groups excluding carboxylic acids is 1. The van der Waals surface area contributed by atoms with E-state index in [1.807, 2.05) is 0 Å². The molecular weight excluding hydrogens is 738 g/mol. The number of halogens is 8. The van der Waals surface area contributed by atoms with Crippen molar-refractivity contribution >= 4 is 66.5 Å². The van der Waals surface area contributed by atoms with Gasteiger partial charge in [-0.3, -0.25) is 25.0 Å². The first-order valence-electron chi connectivity index (χ1n) is 10.9. The van der Waals surface area contributed by atoms with Gasteiger partial charge in [-0.05, 0) is 38.1 Å². The molecule has 6 N–H and O–H groups in total. The summed E-state index contributed by atoms with van der Waals surface area (Å²) in [4.78, 5) is 40.2. The van der Waals surface area contributed by atoms with Crippen molar-refractivity contribution in [3.8, 4) is 0 Å². The maximum absolute atomic E-state index is 12.8. The van der Waals surface area contributed by atoms with Crippen LogP contribution in [0.2, 0.25) is 0 Å². The molecule has 0 saturated heterocycles. The summed E-state index contributed by atoms with van der Waals surface area (Å²) in [5, 5.41) is 49.4. The third kappa shape index (κ3) is 12.3. The van der Waals surface area contributed by atoms with E-state index >= 15 is 0 Å². The van der Waals surface area contributed by atoms with Gasteiger partial charge in [-0.1, -0.05) is 31.9 Å². The van der Waals surface area contributed by atoms with Crippen molar-refractivity contribution in [2.75, 3.05) is 21.7 Å². The number of hydrogen-bond donors (Lipinski definition) is 5. The number of nitrogens with two attached hydrogens (primary N) is 1. The fraction of sp³-hybridized carbons (Fsp3) is 0.364. The summed E-state index contributed by atoms with van der Waals surface area (Å²) in [7, 11) is 0. The lowest BCUT2D eigenvalue weighted by atomic mass is 10.1. The second-order valence-corrected chi connectivity index (χ2v) is 9.71. The Morgan fingerprint density at radius 3 is 1.56 bits per heavy atom. The monoisotopic (exact) mass is 758 g/mol. The molecule has 0 aromatic heterocycles. The highest BCUT2D eigenvalue weighted by Gasteiger charge is 2.39. The number of rotatable bonds is 7. The molecule has 2 aromatic rings. The Balaban J connectivity index is 0.000000688. The van der Waals surface area contributed by atoms with Crippen LogP contribution in [0.15, 0.2) is 36.4 Å². The van der Waals surface area contributed by atoms with Crippen LogP contribution in [0, 0.1) is 20.2 Å². The Morgan fingerprint density at radius 1 is 0.837 bits per heavy atom.